The number of amides is 1. The molecule has 0 spiro atoms. The molecular formula is C16H14ClN5O. The smallest absolute Gasteiger partial charge is 0.253 e. The molecule has 2 aromatic heterocycles. The molecule has 0 fully saturated rings. The molecule has 0 saturated carbocycles. The lowest BCUT2D eigenvalue weighted by Crippen LogP contribution is -2.19. The molecular weight excluding hydrogens is 314 g/mol. The summed E-state index contributed by atoms with van der Waals surface area (Å²) in [6.45, 7) is 0. The van der Waals surface area contributed by atoms with Crippen molar-refractivity contribution in [1.82, 2.24) is 20.3 Å². The second-order valence-corrected chi connectivity index (χ2v) is 5.19. The van der Waals surface area contributed by atoms with Crippen LogP contribution in [0.5, 0.6) is 0 Å². The molecule has 0 saturated heterocycles. The number of pyridine rings is 1. The number of carbonyl (C=O) groups excluding carboxylic acids is 1. The highest BCUT2D eigenvalue weighted by Gasteiger charge is 2.16. The van der Waals surface area contributed by atoms with Crippen molar-refractivity contribution in [3.05, 3.63) is 47.8 Å². The predicted molar refractivity (Wildman–Crippen MR) is 90.1 cm³/mol. The van der Waals surface area contributed by atoms with Crippen molar-refractivity contribution < 1.29 is 4.79 Å². The summed E-state index contributed by atoms with van der Waals surface area (Å²) < 4.78 is 0. The Morgan fingerprint density at radius 2 is 1.96 bits per heavy atom. The number of aromatic nitrogens is 3. The number of carbonyl (C=O) groups is 1. The first-order chi connectivity index (χ1) is 11.1. The summed E-state index contributed by atoms with van der Waals surface area (Å²) in [5.41, 5.74) is 9.62. The number of alkyl halides is 1. The fraction of sp³-hybridized carbons (Fsp3) is 0.125. The lowest BCUT2D eigenvalue weighted by atomic mass is 10.1. The zero-order valence-electron chi connectivity index (χ0n) is 12.4. The molecule has 116 valence electrons. The van der Waals surface area contributed by atoms with Crippen molar-refractivity contribution in [1.29, 1.82) is 0 Å². The topological polar surface area (TPSA) is 93.8 Å². The summed E-state index contributed by atoms with van der Waals surface area (Å²) in [5.74, 6) is 0.420. The summed E-state index contributed by atoms with van der Waals surface area (Å²) in [7, 11) is 1.56. The highest BCUT2D eigenvalue weighted by Crippen LogP contribution is 2.26. The number of hydrogen-bond donors (Lipinski definition) is 2. The van der Waals surface area contributed by atoms with Gasteiger partial charge in [-0.25, -0.2) is 15.0 Å². The number of fused-ring (bicyclic) bond motifs is 1. The van der Waals surface area contributed by atoms with Gasteiger partial charge in [-0.2, -0.15) is 0 Å². The van der Waals surface area contributed by atoms with Gasteiger partial charge in [-0.1, -0.05) is 24.3 Å². The van der Waals surface area contributed by atoms with Gasteiger partial charge in [0.1, 0.15) is 17.4 Å². The molecule has 3 aromatic rings. The molecule has 0 aliphatic heterocycles. The van der Waals surface area contributed by atoms with E-state index in [2.05, 4.69) is 20.3 Å². The summed E-state index contributed by atoms with van der Waals surface area (Å²) in [5, 5.41) is 2.60. The van der Waals surface area contributed by atoms with E-state index in [9.17, 15) is 4.79 Å². The van der Waals surface area contributed by atoms with Crippen LogP contribution in [0.25, 0.3) is 22.3 Å². The number of anilines is 1. The van der Waals surface area contributed by atoms with E-state index in [-0.39, 0.29) is 11.7 Å². The van der Waals surface area contributed by atoms with E-state index < -0.39 is 0 Å². The van der Waals surface area contributed by atoms with Crippen LogP contribution in [0.3, 0.4) is 0 Å². The molecule has 7 heteroatoms. The van der Waals surface area contributed by atoms with Gasteiger partial charge in [0.15, 0.2) is 5.82 Å². The second-order valence-electron chi connectivity index (χ2n) is 4.92. The maximum Gasteiger partial charge on any atom is 0.253 e. The van der Waals surface area contributed by atoms with Crippen LogP contribution in [0.15, 0.2) is 36.7 Å². The fourth-order valence-corrected chi connectivity index (χ4v) is 2.46. The van der Waals surface area contributed by atoms with Crippen molar-refractivity contribution >= 4 is 34.4 Å². The Bertz CT molecular complexity index is 880. The Morgan fingerprint density at radius 1 is 1.22 bits per heavy atom. The molecule has 0 aliphatic rings. The normalized spacial score (nSPS) is 10.7. The van der Waals surface area contributed by atoms with Gasteiger partial charge in [-0.3, -0.25) is 4.79 Å². The first-order valence-electron chi connectivity index (χ1n) is 6.92. The maximum atomic E-state index is 12.2. The number of nitrogens with one attached hydrogen (secondary N) is 1. The number of nitrogen functional groups attached to an aromatic ring is 1. The Kier molecular flexibility index (Phi) is 4.08. The van der Waals surface area contributed by atoms with E-state index in [0.717, 1.165) is 11.1 Å². The van der Waals surface area contributed by atoms with E-state index in [4.69, 9.17) is 17.3 Å². The minimum atomic E-state index is -0.255. The summed E-state index contributed by atoms with van der Waals surface area (Å²) in [6.07, 6.45) is 1.32. The van der Waals surface area contributed by atoms with Crippen LogP contribution in [-0.4, -0.2) is 27.9 Å². The van der Waals surface area contributed by atoms with Crippen LogP contribution < -0.4 is 11.1 Å². The van der Waals surface area contributed by atoms with Gasteiger partial charge in [-0.05, 0) is 11.6 Å². The zero-order chi connectivity index (χ0) is 16.4. The van der Waals surface area contributed by atoms with Crippen LogP contribution in [0, 0.1) is 0 Å². The van der Waals surface area contributed by atoms with Gasteiger partial charge in [0.2, 0.25) is 0 Å². The van der Waals surface area contributed by atoms with Gasteiger partial charge in [-0.15, -0.1) is 11.6 Å². The zero-order valence-corrected chi connectivity index (χ0v) is 13.1. The third-order valence-electron chi connectivity index (χ3n) is 3.49. The van der Waals surface area contributed by atoms with Crippen molar-refractivity contribution in [3.8, 4) is 11.3 Å². The van der Waals surface area contributed by atoms with Gasteiger partial charge in [0.25, 0.3) is 5.91 Å². The summed E-state index contributed by atoms with van der Waals surface area (Å²) in [4.78, 5) is 24.8. The Morgan fingerprint density at radius 3 is 2.61 bits per heavy atom. The highest BCUT2D eigenvalue weighted by atomic mass is 35.5. The van der Waals surface area contributed by atoms with E-state index >= 15 is 0 Å². The molecule has 3 N–H and O–H groups in total. The van der Waals surface area contributed by atoms with Gasteiger partial charge in [0.05, 0.1) is 11.3 Å². The Balaban J connectivity index is 2.24. The van der Waals surface area contributed by atoms with Crippen LogP contribution in [0.2, 0.25) is 0 Å². The van der Waals surface area contributed by atoms with Crippen molar-refractivity contribution in [3.63, 3.8) is 0 Å². The monoisotopic (exact) mass is 327 g/mol. The largest absolute Gasteiger partial charge is 0.382 e. The van der Waals surface area contributed by atoms with E-state index in [1.807, 2.05) is 24.3 Å². The molecule has 0 unspecified atom stereocenters. The average molecular weight is 328 g/mol. The van der Waals surface area contributed by atoms with Crippen molar-refractivity contribution in [2.45, 2.75) is 5.88 Å². The molecule has 0 aliphatic carbocycles. The first kappa shape index (κ1) is 15.2. The summed E-state index contributed by atoms with van der Waals surface area (Å²) in [6, 6.07) is 9.33. The highest BCUT2D eigenvalue weighted by molar-refractivity contribution is 6.17. The van der Waals surface area contributed by atoms with Gasteiger partial charge >= 0.3 is 0 Å². The Hall–Kier alpha value is -2.73. The molecule has 3 rings (SSSR count). The quantitative estimate of drug-likeness (QED) is 0.720. The minimum absolute atomic E-state index is 0.236. The Labute approximate surface area is 137 Å². The predicted octanol–water partition coefficient (Wildman–Crippen LogP) is 2.37. The lowest BCUT2D eigenvalue weighted by Gasteiger charge is -2.09. The maximum absolute atomic E-state index is 12.2. The van der Waals surface area contributed by atoms with E-state index in [1.54, 1.807) is 13.1 Å². The molecule has 1 amide bonds. The van der Waals surface area contributed by atoms with E-state index in [0.29, 0.717) is 28.2 Å². The lowest BCUT2D eigenvalue weighted by molar-refractivity contribution is 0.0964. The number of halogens is 1. The molecule has 0 atom stereocenters. The molecule has 2 heterocycles. The fourth-order valence-electron chi connectivity index (χ4n) is 2.28. The summed E-state index contributed by atoms with van der Waals surface area (Å²) >= 11 is 5.81. The first-order valence-corrected chi connectivity index (χ1v) is 7.46. The molecule has 1 aromatic carbocycles. The third-order valence-corrected chi connectivity index (χ3v) is 3.80. The number of nitrogens with two attached hydrogens (primary N) is 1. The van der Waals surface area contributed by atoms with Crippen LogP contribution in [0.4, 0.5) is 5.82 Å². The van der Waals surface area contributed by atoms with Crippen molar-refractivity contribution in [2.75, 3.05) is 12.8 Å². The van der Waals surface area contributed by atoms with Crippen LogP contribution in [-0.2, 0) is 5.88 Å². The van der Waals surface area contributed by atoms with Crippen molar-refractivity contribution in [2.24, 2.45) is 0 Å². The van der Waals surface area contributed by atoms with Crippen LogP contribution >= 0.6 is 11.6 Å². The SMILES string of the molecule is CNC(=O)c1cc(-c2ccc(CCl)cc2)nc2c(N)ncnc12. The number of nitrogens with zero attached hydrogens (tertiary/aromatic N) is 3. The second kappa shape index (κ2) is 6.18. The number of rotatable bonds is 3. The minimum Gasteiger partial charge on any atom is -0.382 e. The van der Waals surface area contributed by atoms with Crippen LogP contribution in [0.1, 0.15) is 15.9 Å². The van der Waals surface area contributed by atoms with Gasteiger partial charge < -0.3 is 11.1 Å². The number of benzene rings is 1. The molecule has 23 heavy (non-hydrogen) atoms. The molecule has 0 bridgehead atoms. The standard InChI is InChI=1S/C16H14ClN5O/c1-19-16(23)11-6-12(10-4-2-9(7-17)3-5-10)22-14-13(11)20-8-21-15(14)18/h2-6,8H,7H2,1H3,(H,19,23)(H2,18,20,21). The van der Waals surface area contributed by atoms with Gasteiger partial charge in [0, 0.05) is 18.5 Å². The number of hydrogen-bond acceptors (Lipinski definition) is 5. The third kappa shape index (κ3) is 2.80. The average Bonchev–Trinajstić information content (AvgIpc) is 2.61. The molecule has 0 radical (unpaired) electrons. The molecule has 6 nitrogen and oxygen atoms in total. The van der Waals surface area contributed by atoms with E-state index in [1.165, 1.54) is 6.33 Å².